The largest absolute Gasteiger partial charge is 0.490 e. The average Bonchev–Trinajstić information content (AvgIpc) is 2.95. The fourth-order valence-electron chi connectivity index (χ4n) is 2.63. The van der Waals surface area contributed by atoms with E-state index < -0.39 is 12.6 Å². The second-order valence-corrected chi connectivity index (χ2v) is 7.90. The number of carboxylic acid groups (broad SMARTS) is 1. The highest BCUT2D eigenvalue weighted by atomic mass is 35.5. The molecular weight excluding hydrogens is 434 g/mol. The van der Waals surface area contributed by atoms with Crippen molar-refractivity contribution in [2.45, 2.75) is 6.92 Å². The van der Waals surface area contributed by atoms with E-state index in [2.05, 4.69) is 0 Å². The van der Waals surface area contributed by atoms with Gasteiger partial charge in [0.15, 0.2) is 22.4 Å². The number of ether oxygens (including phenoxy) is 2. The molecule has 0 saturated carbocycles. The molecule has 1 heterocycles. The first kappa shape index (κ1) is 21.2. The van der Waals surface area contributed by atoms with E-state index in [0.29, 0.717) is 37.9 Å². The summed E-state index contributed by atoms with van der Waals surface area (Å²) in [6, 6.07) is 11.9. The molecule has 0 atom stereocenters. The lowest BCUT2D eigenvalue weighted by Gasteiger charge is -2.14. The Bertz CT molecular complexity index is 991. The number of thiocarbonyl (C=S) groups is 1. The molecular formula is C20H16ClNO5S2. The number of benzene rings is 2. The maximum absolute atomic E-state index is 12.9. The number of para-hydroxylation sites is 1. The van der Waals surface area contributed by atoms with Gasteiger partial charge in [0.1, 0.15) is 0 Å². The molecule has 0 unspecified atom stereocenters. The molecule has 3 rings (SSSR count). The predicted molar refractivity (Wildman–Crippen MR) is 118 cm³/mol. The zero-order chi connectivity index (χ0) is 21.0. The fraction of sp³-hybridized carbons (Fsp3) is 0.150. The third-order valence-corrected chi connectivity index (χ3v) is 5.37. The van der Waals surface area contributed by atoms with E-state index in [-0.39, 0.29) is 11.7 Å². The topological polar surface area (TPSA) is 76.1 Å². The van der Waals surface area contributed by atoms with Crippen LogP contribution < -0.4 is 14.4 Å². The Morgan fingerprint density at radius 1 is 1.24 bits per heavy atom. The molecule has 2 aromatic rings. The average molecular weight is 450 g/mol. The highest BCUT2D eigenvalue weighted by Crippen LogP contribution is 2.39. The van der Waals surface area contributed by atoms with Crippen LogP contribution >= 0.6 is 35.6 Å². The molecule has 29 heavy (non-hydrogen) atoms. The van der Waals surface area contributed by atoms with Crippen molar-refractivity contribution >= 4 is 63.5 Å². The number of carbonyl (C=O) groups excluding carboxylic acids is 1. The minimum absolute atomic E-state index is 0.258. The summed E-state index contributed by atoms with van der Waals surface area (Å²) in [5, 5.41) is 9.51. The zero-order valence-corrected chi connectivity index (χ0v) is 17.6. The number of hydrogen-bond donors (Lipinski definition) is 1. The minimum atomic E-state index is -1.11. The van der Waals surface area contributed by atoms with Crippen molar-refractivity contribution in [1.29, 1.82) is 0 Å². The summed E-state index contributed by atoms with van der Waals surface area (Å²) >= 11 is 12.4. The van der Waals surface area contributed by atoms with Gasteiger partial charge in [-0.1, -0.05) is 47.7 Å². The number of carbonyl (C=O) groups is 2. The van der Waals surface area contributed by atoms with Crippen LogP contribution in [0.4, 0.5) is 5.69 Å². The van der Waals surface area contributed by atoms with Crippen LogP contribution in [0.2, 0.25) is 5.02 Å². The van der Waals surface area contributed by atoms with Crippen LogP contribution in [0, 0.1) is 0 Å². The molecule has 6 nitrogen and oxygen atoms in total. The summed E-state index contributed by atoms with van der Waals surface area (Å²) < 4.78 is 11.4. The van der Waals surface area contributed by atoms with Crippen LogP contribution in [0.3, 0.4) is 0 Å². The standard InChI is InChI=1S/C20H16ClNO5S2/c1-2-26-15-5-3-4-12(18(15)27-11-17(23)24)10-16-19(25)22(20(28)29-16)14-8-6-13(21)7-9-14/h3-10H,2,11H2,1H3,(H,23,24)/b16-10+. The lowest BCUT2D eigenvalue weighted by atomic mass is 10.1. The van der Waals surface area contributed by atoms with Crippen LogP contribution in [-0.2, 0) is 9.59 Å². The summed E-state index contributed by atoms with van der Waals surface area (Å²) in [5.41, 5.74) is 1.14. The number of anilines is 1. The Hall–Kier alpha value is -2.55. The summed E-state index contributed by atoms with van der Waals surface area (Å²) in [6.07, 6.45) is 1.62. The van der Waals surface area contributed by atoms with Crippen LogP contribution in [-0.4, -0.2) is 34.5 Å². The number of hydrogen-bond acceptors (Lipinski definition) is 6. The predicted octanol–water partition coefficient (Wildman–Crippen LogP) is 4.61. The lowest BCUT2D eigenvalue weighted by molar-refractivity contribution is -0.139. The molecule has 1 aliphatic rings. The van der Waals surface area contributed by atoms with Crippen molar-refractivity contribution in [1.82, 2.24) is 0 Å². The highest BCUT2D eigenvalue weighted by Gasteiger charge is 2.33. The van der Waals surface area contributed by atoms with Gasteiger partial charge in [0.05, 0.1) is 17.2 Å². The smallest absolute Gasteiger partial charge is 0.341 e. The molecule has 2 aromatic carbocycles. The molecule has 0 bridgehead atoms. The Kier molecular flexibility index (Phi) is 6.79. The van der Waals surface area contributed by atoms with Crippen molar-refractivity contribution in [3.63, 3.8) is 0 Å². The van der Waals surface area contributed by atoms with E-state index >= 15 is 0 Å². The number of thioether (sulfide) groups is 1. The fourth-order valence-corrected chi connectivity index (χ4v) is 4.04. The van der Waals surface area contributed by atoms with Crippen LogP contribution in [0.25, 0.3) is 6.08 Å². The van der Waals surface area contributed by atoms with Gasteiger partial charge >= 0.3 is 5.97 Å². The van der Waals surface area contributed by atoms with Gasteiger partial charge in [0.25, 0.3) is 5.91 Å². The molecule has 150 valence electrons. The maximum atomic E-state index is 12.9. The molecule has 0 aromatic heterocycles. The Morgan fingerprint density at radius 2 is 1.97 bits per heavy atom. The van der Waals surface area contributed by atoms with Crippen LogP contribution in [0.5, 0.6) is 11.5 Å². The summed E-state index contributed by atoms with van der Waals surface area (Å²) in [4.78, 5) is 25.7. The van der Waals surface area contributed by atoms with E-state index in [0.717, 1.165) is 11.8 Å². The van der Waals surface area contributed by atoms with Crippen molar-refractivity contribution in [2.24, 2.45) is 0 Å². The van der Waals surface area contributed by atoms with Crippen LogP contribution in [0.15, 0.2) is 47.4 Å². The van der Waals surface area contributed by atoms with Gasteiger partial charge in [-0.25, -0.2) is 4.79 Å². The van der Waals surface area contributed by atoms with Gasteiger partial charge in [0.2, 0.25) is 0 Å². The van der Waals surface area contributed by atoms with E-state index in [1.165, 1.54) is 4.90 Å². The van der Waals surface area contributed by atoms with E-state index in [1.54, 1.807) is 48.5 Å². The van der Waals surface area contributed by atoms with Gasteiger partial charge in [-0.05, 0) is 43.3 Å². The van der Waals surface area contributed by atoms with Crippen molar-refractivity contribution < 1.29 is 24.2 Å². The first-order chi connectivity index (χ1) is 13.9. The molecule has 9 heteroatoms. The number of carboxylic acids is 1. The van der Waals surface area contributed by atoms with Gasteiger partial charge in [-0.2, -0.15) is 0 Å². The Morgan fingerprint density at radius 3 is 2.62 bits per heavy atom. The number of aliphatic carboxylic acids is 1. The normalized spacial score (nSPS) is 15.1. The quantitative estimate of drug-likeness (QED) is 0.488. The van der Waals surface area contributed by atoms with E-state index in [1.807, 2.05) is 6.92 Å². The van der Waals surface area contributed by atoms with Crippen molar-refractivity contribution in [3.05, 3.63) is 58.0 Å². The molecule has 1 amide bonds. The molecule has 1 N–H and O–H groups in total. The van der Waals surface area contributed by atoms with Crippen LogP contribution in [0.1, 0.15) is 12.5 Å². The zero-order valence-electron chi connectivity index (χ0n) is 15.3. The Balaban J connectivity index is 1.96. The molecule has 1 fully saturated rings. The first-order valence-corrected chi connectivity index (χ1v) is 10.1. The second kappa shape index (κ2) is 9.30. The van der Waals surface area contributed by atoms with Gasteiger partial charge in [0, 0.05) is 10.6 Å². The maximum Gasteiger partial charge on any atom is 0.341 e. The second-order valence-electron chi connectivity index (χ2n) is 5.78. The molecule has 0 spiro atoms. The lowest BCUT2D eigenvalue weighted by Crippen LogP contribution is -2.27. The third kappa shape index (κ3) is 4.90. The molecule has 0 aliphatic carbocycles. The summed E-state index contributed by atoms with van der Waals surface area (Å²) in [7, 11) is 0. The van der Waals surface area contributed by atoms with Crippen molar-refractivity contribution in [3.8, 4) is 11.5 Å². The van der Waals surface area contributed by atoms with Gasteiger partial charge in [-0.15, -0.1) is 0 Å². The number of nitrogens with zero attached hydrogens (tertiary/aromatic N) is 1. The van der Waals surface area contributed by atoms with Gasteiger partial charge in [-0.3, -0.25) is 9.69 Å². The first-order valence-electron chi connectivity index (χ1n) is 8.54. The van der Waals surface area contributed by atoms with E-state index in [9.17, 15) is 9.59 Å². The van der Waals surface area contributed by atoms with E-state index in [4.69, 9.17) is 38.4 Å². The number of amides is 1. The summed E-state index contributed by atoms with van der Waals surface area (Å²) in [5.74, 6) is -0.742. The highest BCUT2D eigenvalue weighted by molar-refractivity contribution is 8.27. The monoisotopic (exact) mass is 449 g/mol. The molecule has 1 aliphatic heterocycles. The summed E-state index contributed by atoms with van der Waals surface area (Å²) in [6.45, 7) is 1.66. The third-order valence-electron chi connectivity index (χ3n) is 3.81. The van der Waals surface area contributed by atoms with Crippen molar-refractivity contribution in [2.75, 3.05) is 18.1 Å². The molecule has 1 saturated heterocycles. The van der Waals surface area contributed by atoms with Gasteiger partial charge < -0.3 is 14.6 Å². The number of rotatable bonds is 7. The number of halogens is 1. The Labute approximate surface area is 182 Å². The minimum Gasteiger partial charge on any atom is -0.490 e. The molecule has 0 radical (unpaired) electrons. The SMILES string of the molecule is CCOc1cccc(/C=C2/SC(=S)N(c3ccc(Cl)cc3)C2=O)c1OCC(=O)O.